The zero-order valence-corrected chi connectivity index (χ0v) is 23.0. The Bertz CT molecular complexity index is 1640. The summed E-state index contributed by atoms with van der Waals surface area (Å²) in [6, 6.07) is 9.91. The lowest BCUT2D eigenvalue weighted by atomic mass is 10.0. The van der Waals surface area contributed by atoms with Crippen LogP contribution in [-0.4, -0.2) is 63.1 Å². The molecule has 0 saturated carbocycles. The molecule has 2 saturated heterocycles. The smallest absolute Gasteiger partial charge is 0.259 e. The van der Waals surface area contributed by atoms with Gasteiger partial charge >= 0.3 is 0 Å². The van der Waals surface area contributed by atoms with Crippen molar-refractivity contribution in [3.8, 4) is 11.3 Å². The van der Waals surface area contributed by atoms with Gasteiger partial charge in [0.15, 0.2) is 0 Å². The van der Waals surface area contributed by atoms with Gasteiger partial charge in [-0.25, -0.2) is 14.4 Å². The average Bonchev–Trinajstić information content (AvgIpc) is 2.99. The highest BCUT2D eigenvalue weighted by molar-refractivity contribution is 5.97. The van der Waals surface area contributed by atoms with E-state index in [0.29, 0.717) is 46.8 Å². The first-order valence-electron chi connectivity index (χ1n) is 14.2. The van der Waals surface area contributed by atoms with Gasteiger partial charge in [0.1, 0.15) is 11.6 Å². The predicted octanol–water partition coefficient (Wildman–Crippen LogP) is 4.76. The van der Waals surface area contributed by atoms with Crippen LogP contribution >= 0.6 is 0 Å². The van der Waals surface area contributed by atoms with Crippen LogP contribution in [0.15, 0.2) is 53.6 Å². The number of nitrogens with one attached hydrogen (secondary N) is 2. The summed E-state index contributed by atoms with van der Waals surface area (Å²) in [5.74, 6) is -0.197. The minimum absolute atomic E-state index is 0.165. The van der Waals surface area contributed by atoms with Crippen LogP contribution in [0.25, 0.3) is 22.2 Å². The summed E-state index contributed by atoms with van der Waals surface area (Å²) in [5, 5.41) is 13.4. The van der Waals surface area contributed by atoms with Gasteiger partial charge in [0.2, 0.25) is 0 Å². The van der Waals surface area contributed by atoms with Crippen molar-refractivity contribution < 1.29 is 14.3 Å². The lowest BCUT2D eigenvalue weighted by Crippen LogP contribution is -2.35. The molecule has 1 aromatic carbocycles. The molecule has 5 heterocycles. The summed E-state index contributed by atoms with van der Waals surface area (Å²) in [7, 11) is 0. The number of rotatable bonds is 5. The molecule has 0 aliphatic carbocycles. The number of aliphatic hydroxyl groups is 1. The van der Waals surface area contributed by atoms with E-state index in [9.17, 15) is 14.7 Å². The Kier molecular flexibility index (Phi) is 7.40. The molecule has 0 radical (unpaired) electrons. The van der Waals surface area contributed by atoms with Gasteiger partial charge in [0.25, 0.3) is 11.5 Å². The second-order valence-electron chi connectivity index (χ2n) is 10.9. The number of aryl methyl sites for hydroxylation is 1. The number of H-pyrrole nitrogens is 1. The number of piperidine rings is 2. The minimum atomic E-state index is -0.553. The molecule has 4 aromatic rings. The second-order valence-corrected chi connectivity index (χ2v) is 10.9. The fraction of sp³-hybridized carbons (Fsp3) is 0.355. The summed E-state index contributed by atoms with van der Waals surface area (Å²) >= 11 is 0. The SMILES string of the molecule is Cc1c[nH]c(=O)c2c(Nc3ccc(N4CCC(O)CC4)cn3)cc(-c3ccc(C(=O)N4CCCCC4)cc3F)nc12. The van der Waals surface area contributed by atoms with Crippen LogP contribution in [0.1, 0.15) is 48.0 Å². The summed E-state index contributed by atoms with van der Waals surface area (Å²) in [4.78, 5) is 41.8. The maximum Gasteiger partial charge on any atom is 0.259 e. The molecule has 6 rings (SSSR count). The number of pyridine rings is 3. The van der Waals surface area contributed by atoms with Crippen molar-refractivity contribution in [3.63, 3.8) is 0 Å². The van der Waals surface area contributed by atoms with E-state index in [2.05, 4.69) is 25.2 Å². The monoisotopic (exact) mass is 556 g/mol. The molecule has 2 aliphatic rings. The number of nitrogens with zero attached hydrogens (tertiary/aromatic N) is 4. The van der Waals surface area contributed by atoms with Gasteiger partial charge in [-0.2, -0.15) is 0 Å². The van der Waals surface area contributed by atoms with E-state index in [-0.39, 0.29) is 23.1 Å². The van der Waals surface area contributed by atoms with Gasteiger partial charge < -0.3 is 25.2 Å². The number of likely N-dealkylation sites (tertiary alicyclic amines) is 1. The number of aliphatic hydroxyl groups excluding tert-OH is 1. The van der Waals surface area contributed by atoms with E-state index >= 15 is 4.39 Å². The van der Waals surface area contributed by atoms with Crippen LogP contribution in [0, 0.1) is 12.7 Å². The number of aromatic amines is 1. The summed E-state index contributed by atoms with van der Waals surface area (Å²) in [5.41, 5.74) is 3.16. The first-order chi connectivity index (χ1) is 19.9. The third kappa shape index (κ3) is 5.52. The Morgan fingerprint density at radius 1 is 1.07 bits per heavy atom. The number of carbonyl (C=O) groups excluding carboxylic acids is 1. The van der Waals surface area contributed by atoms with Crippen molar-refractivity contribution >= 4 is 34.0 Å². The molecular formula is C31H33FN6O3. The van der Waals surface area contributed by atoms with Crippen molar-refractivity contribution in [2.45, 2.75) is 45.1 Å². The van der Waals surface area contributed by atoms with Crippen molar-refractivity contribution in [1.29, 1.82) is 0 Å². The van der Waals surface area contributed by atoms with Gasteiger partial charge in [0, 0.05) is 43.5 Å². The Morgan fingerprint density at radius 2 is 1.85 bits per heavy atom. The fourth-order valence-electron chi connectivity index (χ4n) is 5.66. The van der Waals surface area contributed by atoms with Gasteiger partial charge in [-0.05, 0) is 81.0 Å². The van der Waals surface area contributed by atoms with Crippen LogP contribution in [0.4, 0.5) is 21.6 Å². The molecule has 0 bridgehead atoms. The number of hydrogen-bond donors (Lipinski definition) is 3. The molecule has 2 aliphatic heterocycles. The Balaban J connectivity index is 1.33. The zero-order chi connectivity index (χ0) is 28.5. The second kappa shape index (κ2) is 11.3. The number of aromatic nitrogens is 3. The van der Waals surface area contributed by atoms with E-state index in [1.54, 1.807) is 35.5 Å². The average molecular weight is 557 g/mol. The van der Waals surface area contributed by atoms with E-state index in [4.69, 9.17) is 0 Å². The first-order valence-corrected chi connectivity index (χ1v) is 14.2. The normalized spacial score (nSPS) is 16.3. The van der Waals surface area contributed by atoms with Crippen molar-refractivity contribution in [1.82, 2.24) is 19.9 Å². The van der Waals surface area contributed by atoms with Gasteiger partial charge in [-0.15, -0.1) is 0 Å². The molecule has 0 atom stereocenters. The summed E-state index contributed by atoms with van der Waals surface area (Å²) < 4.78 is 15.5. The number of amides is 1. The highest BCUT2D eigenvalue weighted by atomic mass is 19.1. The number of fused-ring (bicyclic) bond motifs is 1. The summed E-state index contributed by atoms with van der Waals surface area (Å²) in [6.45, 7) is 4.73. The maximum absolute atomic E-state index is 15.5. The standard InChI is InChI=1S/C31H33FN6O3/c1-19-17-34-30(40)28-26(35-27-8-6-21(18-33-27)37-13-9-22(39)10-14-37)16-25(36-29(19)28)23-7-5-20(15-24(23)32)31(41)38-11-3-2-4-12-38/h5-8,15-18,22,39H,2-4,9-14H2,1H3,(H,34,40)(H,33,35,36). The summed E-state index contributed by atoms with van der Waals surface area (Å²) in [6.07, 6.45) is 7.56. The quantitative estimate of drug-likeness (QED) is 0.325. The van der Waals surface area contributed by atoms with Gasteiger partial charge in [0.05, 0.1) is 40.3 Å². The molecule has 9 nitrogen and oxygen atoms in total. The topological polar surface area (TPSA) is 114 Å². The van der Waals surface area contributed by atoms with Gasteiger partial charge in [-0.3, -0.25) is 9.59 Å². The highest BCUT2D eigenvalue weighted by Crippen LogP contribution is 2.32. The lowest BCUT2D eigenvalue weighted by molar-refractivity contribution is 0.0724. The van der Waals surface area contributed by atoms with Crippen molar-refractivity contribution in [2.24, 2.45) is 0 Å². The van der Waals surface area contributed by atoms with E-state index < -0.39 is 5.82 Å². The zero-order valence-electron chi connectivity index (χ0n) is 23.0. The van der Waals surface area contributed by atoms with E-state index in [1.165, 1.54) is 6.07 Å². The lowest BCUT2D eigenvalue weighted by Gasteiger charge is -2.31. The molecule has 212 valence electrons. The minimum Gasteiger partial charge on any atom is -0.393 e. The third-order valence-electron chi connectivity index (χ3n) is 8.02. The van der Waals surface area contributed by atoms with Crippen LogP contribution in [-0.2, 0) is 0 Å². The first kappa shape index (κ1) is 26.9. The molecule has 10 heteroatoms. The van der Waals surface area contributed by atoms with Gasteiger partial charge in [-0.1, -0.05) is 0 Å². The predicted molar refractivity (Wildman–Crippen MR) is 157 cm³/mol. The number of hydrogen-bond acceptors (Lipinski definition) is 7. The fourth-order valence-corrected chi connectivity index (χ4v) is 5.66. The molecule has 0 spiro atoms. The van der Waals surface area contributed by atoms with E-state index in [1.807, 2.05) is 19.1 Å². The Labute approximate surface area is 237 Å². The molecular weight excluding hydrogens is 523 g/mol. The maximum atomic E-state index is 15.5. The molecule has 3 aromatic heterocycles. The highest BCUT2D eigenvalue weighted by Gasteiger charge is 2.21. The van der Waals surface area contributed by atoms with Crippen molar-refractivity contribution in [2.75, 3.05) is 36.4 Å². The Morgan fingerprint density at radius 3 is 2.56 bits per heavy atom. The number of benzene rings is 1. The van der Waals surface area contributed by atoms with Crippen molar-refractivity contribution in [3.05, 3.63) is 76.1 Å². The molecule has 2 fully saturated rings. The largest absolute Gasteiger partial charge is 0.393 e. The van der Waals surface area contributed by atoms with E-state index in [0.717, 1.165) is 56.4 Å². The van der Waals surface area contributed by atoms with Crippen LogP contribution in [0.5, 0.6) is 0 Å². The number of anilines is 3. The van der Waals surface area contributed by atoms with Crippen LogP contribution in [0.2, 0.25) is 0 Å². The van der Waals surface area contributed by atoms with Crippen LogP contribution in [0.3, 0.4) is 0 Å². The third-order valence-corrected chi connectivity index (χ3v) is 8.02. The molecule has 0 unspecified atom stereocenters. The van der Waals surface area contributed by atoms with Crippen LogP contribution < -0.4 is 15.8 Å². The number of halogens is 1. The number of carbonyl (C=O) groups is 1. The molecule has 41 heavy (non-hydrogen) atoms. The Hall–Kier alpha value is -4.31. The molecule has 1 amide bonds. The molecule has 3 N–H and O–H groups in total.